The Bertz CT molecular complexity index is 79.9. The van der Waals surface area contributed by atoms with Crippen molar-refractivity contribution in [3.63, 3.8) is 0 Å². The predicted molar refractivity (Wildman–Crippen MR) is 58.0 cm³/mol. The fourth-order valence-electron chi connectivity index (χ4n) is 0.638. The van der Waals surface area contributed by atoms with Crippen molar-refractivity contribution in [2.24, 2.45) is 0 Å². The molecule has 0 bridgehead atoms. The molecule has 5 nitrogen and oxygen atoms in total. The molecule has 2 N–H and O–H groups in total. The number of hydrogen-bond donors (Lipinski definition) is 2. The molecule has 0 amide bonds. The van der Waals surface area contributed by atoms with Gasteiger partial charge in [0, 0.05) is 13.2 Å². The summed E-state index contributed by atoms with van der Waals surface area (Å²) in [5.41, 5.74) is 0. The average molecular weight is 224 g/mol. The van der Waals surface area contributed by atoms with Crippen LogP contribution in [-0.4, -0.2) is 63.1 Å². The highest BCUT2D eigenvalue weighted by Crippen LogP contribution is 1.75. The Labute approximate surface area is 92.0 Å². The standard InChI is InChI=1S/C6H14O2.C4H10O3/c1-3-7-5-6-8-4-2;5-1-3-7-4-2-6/h3-6H2,1-2H3;5-6H,1-4H2. The molecule has 94 valence electrons. The Morgan fingerprint density at radius 2 is 1.07 bits per heavy atom. The quantitative estimate of drug-likeness (QED) is 0.542. The topological polar surface area (TPSA) is 68.2 Å². The second kappa shape index (κ2) is 19.4. The largest absolute Gasteiger partial charge is 0.394 e. The van der Waals surface area contributed by atoms with Crippen LogP contribution in [0.4, 0.5) is 0 Å². The highest BCUT2D eigenvalue weighted by atomic mass is 16.5. The van der Waals surface area contributed by atoms with E-state index >= 15 is 0 Å². The monoisotopic (exact) mass is 224 g/mol. The second-order valence-electron chi connectivity index (χ2n) is 2.45. The van der Waals surface area contributed by atoms with Crippen molar-refractivity contribution in [3.05, 3.63) is 0 Å². The lowest BCUT2D eigenvalue weighted by atomic mass is 10.7. The number of aliphatic hydroxyl groups excluding tert-OH is 2. The molecule has 5 heteroatoms. The van der Waals surface area contributed by atoms with E-state index in [0.717, 1.165) is 26.4 Å². The maximum atomic E-state index is 8.09. The molecule has 0 aromatic rings. The summed E-state index contributed by atoms with van der Waals surface area (Å²) in [5.74, 6) is 0. The SMILES string of the molecule is CCOCCOCC.OCCOCCO. The van der Waals surface area contributed by atoms with E-state index in [1.807, 2.05) is 13.8 Å². The Morgan fingerprint density at radius 3 is 1.33 bits per heavy atom. The second-order valence-corrected chi connectivity index (χ2v) is 2.45. The van der Waals surface area contributed by atoms with Gasteiger partial charge in [0.05, 0.1) is 39.6 Å². The first-order valence-electron chi connectivity index (χ1n) is 5.28. The summed E-state index contributed by atoms with van der Waals surface area (Å²) >= 11 is 0. The first kappa shape index (κ1) is 17.2. The average Bonchev–Trinajstić information content (AvgIpc) is 2.26. The van der Waals surface area contributed by atoms with Crippen LogP contribution in [0.1, 0.15) is 13.8 Å². The molecule has 0 aromatic heterocycles. The lowest BCUT2D eigenvalue weighted by Gasteiger charge is -1.99. The van der Waals surface area contributed by atoms with Crippen LogP contribution in [0.2, 0.25) is 0 Å². The van der Waals surface area contributed by atoms with Gasteiger partial charge in [-0.15, -0.1) is 0 Å². The minimum absolute atomic E-state index is 0.0278. The van der Waals surface area contributed by atoms with Crippen molar-refractivity contribution >= 4 is 0 Å². The van der Waals surface area contributed by atoms with Crippen LogP contribution in [0.15, 0.2) is 0 Å². The highest BCUT2D eigenvalue weighted by Gasteiger charge is 1.81. The van der Waals surface area contributed by atoms with Gasteiger partial charge < -0.3 is 24.4 Å². The molecule has 0 saturated carbocycles. The molecule has 0 radical (unpaired) electrons. The fraction of sp³-hybridized carbons (Fsp3) is 1.00. The number of aliphatic hydroxyl groups is 2. The predicted octanol–water partition coefficient (Wildman–Crippen LogP) is 0.0470. The number of rotatable bonds is 9. The third kappa shape index (κ3) is 24.8. The van der Waals surface area contributed by atoms with E-state index < -0.39 is 0 Å². The van der Waals surface area contributed by atoms with Gasteiger partial charge in [0.25, 0.3) is 0 Å². The Balaban J connectivity index is 0. The highest BCUT2D eigenvalue weighted by molar-refractivity contribution is 4.25. The molecule has 0 spiro atoms. The third-order valence-corrected chi connectivity index (χ3v) is 1.25. The first-order chi connectivity index (χ1) is 7.33. The van der Waals surface area contributed by atoms with Gasteiger partial charge in [-0.25, -0.2) is 0 Å². The normalized spacial score (nSPS) is 9.60. The summed E-state index contributed by atoms with van der Waals surface area (Å²) in [4.78, 5) is 0. The summed E-state index contributed by atoms with van der Waals surface area (Å²) in [6, 6.07) is 0. The van der Waals surface area contributed by atoms with Crippen LogP contribution in [0.5, 0.6) is 0 Å². The summed E-state index contributed by atoms with van der Waals surface area (Å²) in [6.45, 7) is 7.67. The van der Waals surface area contributed by atoms with Gasteiger partial charge in [0.15, 0.2) is 0 Å². The maximum Gasteiger partial charge on any atom is 0.0700 e. The Hall–Kier alpha value is -0.200. The smallest absolute Gasteiger partial charge is 0.0700 e. The third-order valence-electron chi connectivity index (χ3n) is 1.25. The molecular formula is C10H24O5. The van der Waals surface area contributed by atoms with Crippen LogP contribution < -0.4 is 0 Å². The Morgan fingerprint density at radius 1 is 0.667 bits per heavy atom. The number of hydrogen-bond acceptors (Lipinski definition) is 5. The van der Waals surface area contributed by atoms with Crippen LogP contribution in [0, 0.1) is 0 Å². The van der Waals surface area contributed by atoms with Crippen molar-refractivity contribution in [2.75, 3.05) is 52.9 Å². The molecule has 0 rings (SSSR count). The van der Waals surface area contributed by atoms with Crippen LogP contribution in [0.25, 0.3) is 0 Å². The molecule has 0 aliphatic heterocycles. The first-order valence-corrected chi connectivity index (χ1v) is 5.28. The summed E-state index contributed by atoms with van der Waals surface area (Å²) < 4.78 is 14.7. The van der Waals surface area contributed by atoms with E-state index in [1.54, 1.807) is 0 Å². The van der Waals surface area contributed by atoms with Gasteiger partial charge in [-0.1, -0.05) is 0 Å². The van der Waals surface area contributed by atoms with Crippen molar-refractivity contribution in [3.8, 4) is 0 Å². The van der Waals surface area contributed by atoms with E-state index in [1.165, 1.54) is 0 Å². The minimum atomic E-state index is 0.0278. The van der Waals surface area contributed by atoms with E-state index in [4.69, 9.17) is 19.7 Å². The molecule has 0 aliphatic carbocycles. The van der Waals surface area contributed by atoms with E-state index in [2.05, 4.69) is 4.74 Å². The molecule has 0 aromatic carbocycles. The zero-order valence-corrected chi connectivity index (χ0v) is 9.78. The van der Waals surface area contributed by atoms with Gasteiger partial charge in [0.1, 0.15) is 0 Å². The fourth-order valence-corrected chi connectivity index (χ4v) is 0.638. The maximum absolute atomic E-state index is 8.09. The van der Waals surface area contributed by atoms with Crippen molar-refractivity contribution in [2.45, 2.75) is 13.8 Å². The van der Waals surface area contributed by atoms with Crippen molar-refractivity contribution < 1.29 is 24.4 Å². The van der Waals surface area contributed by atoms with Crippen LogP contribution in [-0.2, 0) is 14.2 Å². The van der Waals surface area contributed by atoms with E-state index in [0.29, 0.717) is 13.2 Å². The lowest BCUT2D eigenvalue weighted by molar-refractivity contribution is 0.0584. The van der Waals surface area contributed by atoms with E-state index in [9.17, 15) is 0 Å². The Kier molecular flexibility index (Phi) is 22.2. The lowest BCUT2D eigenvalue weighted by Crippen LogP contribution is -2.03. The molecule has 0 atom stereocenters. The molecule has 0 fully saturated rings. The van der Waals surface area contributed by atoms with Gasteiger partial charge >= 0.3 is 0 Å². The van der Waals surface area contributed by atoms with Crippen molar-refractivity contribution in [1.29, 1.82) is 0 Å². The molecule has 0 heterocycles. The van der Waals surface area contributed by atoms with Crippen LogP contribution in [0.3, 0.4) is 0 Å². The summed E-state index contributed by atoms with van der Waals surface area (Å²) in [6.07, 6.45) is 0. The zero-order valence-electron chi connectivity index (χ0n) is 9.78. The molecule has 0 saturated heterocycles. The molecular weight excluding hydrogens is 200 g/mol. The van der Waals surface area contributed by atoms with Gasteiger partial charge in [-0.2, -0.15) is 0 Å². The van der Waals surface area contributed by atoms with Gasteiger partial charge in [-0.05, 0) is 13.8 Å². The number of ether oxygens (including phenoxy) is 3. The zero-order chi connectivity index (χ0) is 11.8. The molecule has 0 unspecified atom stereocenters. The summed E-state index contributed by atoms with van der Waals surface area (Å²) in [5, 5.41) is 16.2. The van der Waals surface area contributed by atoms with Crippen LogP contribution >= 0.6 is 0 Å². The van der Waals surface area contributed by atoms with E-state index in [-0.39, 0.29) is 13.2 Å². The summed E-state index contributed by atoms with van der Waals surface area (Å²) in [7, 11) is 0. The molecule has 15 heavy (non-hydrogen) atoms. The van der Waals surface area contributed by atoms with Crippen molar-refractivity contribution in [1.82, 2.24) is 0 Å². The van der Waals surface area contributed by atoms with Gasteiger partial charge in [0.2, 0.25) is 0 Å². The van der Waals surface area contributed by atoms with Gasteiger partial charge in [-0.3, -0.25) is 0 Å². The molecule has 0 aliphatic rings. The minimum Gasteiger partial charge on any atom is -0.394 e.